The standard InChI is InChI=1S/C44H32N2/c1-44(27-11-2-12-28-44)43-45-39-19-9-10-20-40(39)46(43)34-25-23-31(24-26-34)41-35-15-5-7-17-37(35)42(38-18-8-6-16-36(38)41)33-22-21-30-13-3-4-14-32(30)29-33/h2-27,29H,28H2,1H3. The smallest absolute Gasteiger partial charge is 0.124 e. The van der Waals surface area contributed by atoms with Crippen LogP contribution in [-0.4, -0.2) is 9.55 Å². The Labute approximate surface area is 268 Å². The molecule has 1 aromatic heterocycles. The van der Waals surface area contributed by atoms with Crippen molar-refractivity contribution in [1.29, 1.82) is 0 Å². The summed E-state index contributed by atoms with van der Waals surface area (Å²) in [5.41, 5.74) is 8.10. The SMILES string of the molecule is CC1(c2nc3ccccc3n2-c2ccc(-c3c4ccccc4c(-c4ccc5ccccc5c4)c4ccccc34)cc2)C=CC=CC1. The minimum atomic E-state index is -0.183. The van der Waals surface area contributed by atoms with Crippen LogP contribution < -0.4 is 0 Å². The first kappa shape index (κ1) is 26.7. The molecule has 0 radical (unpaired) electrons. The number of hydrogen-bond donors (Lipinski definition) is 0. The Morgan fingerprint density at radius 3 is 1.83 bits per heavy atom. The number of rotatable bonds is 4. The van der Waals surface area contributed by atoms with Gasteiger partial charge in [-0.3, -0.25) is 4.57 Å². The number of fused-ring (bicyclic) bond motifs is 4. The molecule has 0 saturated carbocycles. The summed E-state index contributed by atoms with van der Waals surface area (Å²) in [6, 6.07) is 50.8. The summed E-state index contributed by atoms with van der Waals surface area (Å²) in [4.78, 5) is 5.18. The van der Waals surface area contributed by atoms with E-state index in [0.717, 1.165) is 29.0 Å². The minimum absolute atomic E-state index is 0.183. The normalized spacial score (nSPS) is 16.2. The quantitative estimate of drug-likeness (QED) is 0.187. The topological polar surface area (TPSA) is 17.8 Å². The fourth-order valence-electron chi connectivity index (χ4n) is 7.44. The average molecular weight is 589 g/mol. The Balaban J connectivity index is 1.25. The fraction of sp³-hybridized carbons (Fsp3) is 0.0682. The van der Waals surface area contributed by atoms with E-state index in [-0.39, 0.29) is 5.41 Å². The van der Waals surface area contributed by atoms with Crippen molar-refractivity contribution in [2.45, 2.75) is 18.8 Å². The molecule has 0 amide bonds. The average Bonchev–Trinajstić information content (AvgIpc) is 3.52. The van der Waals surface area contributed by atoms with E-state index in [9.17, 15) is 0 Å². The maximum atomic E-state index is 5.18. The van der Waals surface area contributed by atoms with E-state index in [2.05, 4.69) is 175 Å². The van der Waals surface area contributed by atoms with Crippen LogP contribution in [-0.2, 0) is 5.41 Å². The largest absolute Gasteiger partial charge is 0.296 e. The van der Waals surface area contributed by atoms with Crippen LogP contribution in [0.2, 0.25) is 0 Å². The molecule has 0 fully saturated rings. The first-order valence-corrected chi connectivity index (χ1v) is 16.0. The van der Waals surface area contributed by atoms with Crippen molar-refractivity contribution in [1.82, 2.24) is 9.55 Å². The maximum absolute atomic E-state index is 5.18. The second-order valence-electron chi connectivity index (χ2n) is 12.6. The molecule has 2 nitrogen and oxygen atoms in total. The fourth-order valence-corrected chi connectivity index (χ4v) is 7.44. The summed E-state index contributed by atoms with van der Waals surface area (Å²) in [5.74, 6) is 1.07. The number of hydrogen-bond acceptors (Lipinski definition) is 1. The van der Waals surface area contributed by atoms with Gasteiger partial charge in [-0.15, -0.1) is 0 Å². The molecule has 218 valence electrons. The molecular formula is C44H32N2. The molecule has 1 aliphatic rings. The first-order chi connectivity index (χ1) is 22.7. The summed E-state index contributed by atoms with van der Waals surface area (Å²) < 4.78 is 2.35. The van der Waals surface area contributed by atoms with Crippen LogP contribution in [0.5, 0.6) is 0 Å². The maximum Gasteiger partial charge on any atom is 0.124 e. The molecule has 46 heavy (non-hydrogen) atoms. The molecule has 0 N–H and O–H groups in total. The summed E-state index contributed by atoms with van der Waals surface area (Å²) in [6.07, 6.45) is 9.73. The molecule has 1 aliphatic carbocycles. The number of imidazole rings is 1. The van der Waals surface area contributed by atoms with Crippen molar-refractivity contribution in [2.75, 3.05) is 0 Å². The molecule has 0 spiro atoms. The minimum Gasteiger partial charge on any atom is -0.296 e. The molecule has 0 bridgehead atoms. The van der Waals surface area contributed by atoms with Crippen LogP contribution in [0.25, 0.3) is 71.3 Å². The van der Waals surface area contributed by atoms with Gasteiger partial charge in [-0.05, 0) is 98.2 Å². The second kappa shape index (κ2) is 10.4. The third-order valence-electron chi connectivity index (χ3n) is 9.71. The third-order valence-corrected chi connectivity index (χ3v) is 9.71. The van der Waals surface area contributed by atoms with E-state index in [4.69, 9.17) is 4.98 Å². The predicted octanol–water partition coefficient (Wildman–Crippen LogP) is 11.6. The highest BCUT2D eigenvalue weighted by atomic mass is 15.1. The van der Waals surface area contributed by atoms with Crippen molar-refractivity contribution in [3.05, 3.63) is 170 Å². The van der Waals surface area contributed by atoms with Crippen molar-refractivity contribution < 1.29 is 0 Å². The highest BCUT2D eigenvalue weighted by Crippen LogP contribution is 2.44. The van der Waals surface area contributed by atoms with Crippen molar-refractivity contribution in [3.63, 3.8) is 0 Å². The highest BCUT2D eigenvalue weighted by Gasteiger charge is 2.30. The van der Waals surface area contributed by atoms with E-state index in [0.29, 0.717) is 0 Å². The van der Waals surface area contributed by atoms with Crippen LogP contribution in [0.15, 0.2) is 164 Å². The van der Waals surface area contributed by atoms with Gasteiger partial charge in [0.15, 0.2) is 0 Å². The van der Waals surface area contributed by atoms with Crippen LogP contribution >= 0.6 is 0 Å². The summed E-state index contributed by atoms with van der Waals surface area (Å²) in [7, 11) is 0. The van der Waals surface area contributed by atoms with Crippen molar-refractivity contribution in [2.24, 2.45) is 0 Å². The number of nitrogens with zero attached hydrogens (tertiary/aromatic N) is 2. The molecule has 2 heteroatoms. The highest BCUT2D eigenvalue weighted by molar-refractivity contribution is 6.21. The Hall–Kier alpha value is -5.73. The van der Waals surface area contributed by atoms with Crippen molar-refractivity contribution >= 4 is 43.4 Å². The summed E-state index contributed by atoms with van der Waals surface area (Å²) >= 11 is 0. The Morgan fingerprint density at radius 1 is 0.565 bits per heavy atom. The van der Waals surface area contributed by atoms with Gasteiger partial charge in [0.2, 0.25) is 0 Å². The predicted molar refractivity (Wildman–Crippen MR) is 195 cm³/mol. The van der Waals surface area contributed by atoms with Gasteiger partial charge in [-0.1, -0.05) is 133 Å². The Morgan fingerprint density at radius 2 is 1.15 bits per heavy atom. The van der Waals surface area contributed by atoms with Gasteiger partial charge < -0.3 is 0 Å². The van der Waals surface area contributed by atoms with E-state index in [1.54, 1.807) is 0 Å². The van der Waals surface area contributed by atoms with Gasteiger partial charge in [0.05, 0.1) is 11.0 Å². The lowest BCUT2D eigenvalue weighted by molar-refractivity contribution is 0.550. The molecule has 1 heterocycles. The van der Waals surface area contributed by atoms with E-state index < -0.39 is 0 Å². The molecule has 0 aliphatic heterocycles. The zero-order chi connectivity index (χ0) is 30.7. The monoisotopic (exact) mass is 588 g/mol. The molecule has 7 aromatic carbocycles. The van der Waals surface area contributed by atoms with Crippen LogP contribution in [0.3, 0.4) is 0 Å². The lowest BCUT2D eigenvalue weighted by Crippen LogP contribution is -2.24. The number of benzene rings is 7. The van der Waals surface area contributed by atoms with E-state index in [1.807, 2.05) is 0 Å². The lowest BCUT2D eigenvalue weighted by atomic mass is 9.82. The molecule has 1 atom stereocenters. The van der Waals surface area contributed by atoms with Crippen LogP contribution in [0.1, 0.15) is 19.2 Å². The summed E-state index contributed by atoms with van der Waals surface area (Å²) in [6.45, 7) is 2.29. The van der Waals surface area contributed by atoms with Crippen LogP contribution in [0.4, 0.5) is 0 Å². The molecule has 8 aromatic rings. The first-order valence-electron chi connectivity index (χ1n) is 16.0. The van der Waals surface area contributed by atoms with Gasteiger partial charge in [0, 0.05) is 11.1 Å². The number of aromatic nitrogens is 2. The Bertz CT molecular complexity index is 2450. The lowest BCUT2D eigenvalue weighted by Gasteiger charge is -2.27. The zero-order valence-electron chi connectivity index (χ0n) is 25.7. The molecule has 0 saturated heterocycles. The zero-order valence-corrected chi connectivity index (χ0v) is 25.7. The van der Waals surface area contributed by atoms with Crippen molar-refractivity contribution in [3.8, 4) is 27.9 Å². The van der Waals surface area contributed by atoms with Gasteiger partial charge in [-0.2, -0.15) is 0 Å². The van der Waals surface area contributed by atoms with E-state index in [1.165, 1.54) is 54.6 Å². The third kappa shape index (κ3) is 4.14. The van der Waals surface area contributed by atoms with Gasteiger partial charge >= 0.3 is 0 Å². The van der Waals surface area contributed by atoms with E-state index >= 15 is 0 Å². The van der Waals surface area contributed by atoms with Gasteiger partial charge in [0.25, 0.3) is 0 Å². The second-order valence-corrected chi connectivity index (χ2v) is 12.6. The number of allylic oxidation sites excluding steroid dienone is 4. The number of para-hydroxylation sites is 2. The molecular weight excluding hydrogens is 556 g/mol. The summed E-state index contributed by atoms with van der Waals surface area (Å²) in [5, 5.41) is 7.57. The molecule has 9 rings (SSSR count). The Kier molecular flexibility index (Phi) is 6.04. The van der Waals surface area contributed by atoms with Gasteiger partial charge in [0.1, 0.15) is 5.82 Å². The molecule has 1 unspecified atom stereocenters. The van der Waals surface area contributed by atoms with Gasteiger partial charge in [-0.25, -0.2) is 4.98 Å². The van der Waals surface area contributed by atoms with Crippen LogP contribution in [0, 0.1) is 0 Å².